The molecule has 3 aromatic rings. The van der Waals surface area contributed by atoms with E-state index in [2.05, 4.69) is 26.2 Å². The van der Waals surface area contributed by atoms with Gasteiger partial charge in [-0.25, -0.2) is 9.78 Å². The fourth-order valence-corrected chi connectivity index (χ4v) is 2.65. The summed E-state index contributed by atoms with van der Waals surface area (Å²) in [4.78, 5) is 27.8. The van der Waals surface area contributed by atoms with Crippen molar-refractivity contribution in [2.24, 2.45) is 0 Å². The molecule has 6 nitrogen and oxygen atoms in total. The first-order valence-electron chi connectivity index (χ1n) is 8.23. The second-order valence-corrected chi connectivity index (χ2v) is 6.50. The zero-order chi connectivity index (χ0) is 19.9. The number of hydrogen-bond donors (Lipinski definition) is 2. The first kappa shape index (κ1) is 19.3. The van der Waals surface area contributed by atoms with E-state index in [1.807, 2.05) is 18.2 Å². The summed E-state index contributed by atoms with van der Waals surface area (Å²) in [6.45, 7) is 0. The predicted octanol–water partition coefficient (Wildman–Crippen LogP) is 4.49. The summed E-state index contributed by atoms with van der Waals surface area (Å²) in [5.41, 5.74) is 0.616. The number of carboxylic acid groups (broad SMARTS) is 1. The fourth-order valence-electron chi connectivity index (χ4n) is 2.28. The number of para-hydroxylation sites is 1. The van der Waals surface area contributed by atoms with Crippen LogP contribution in [0.1, 0.15) is 15.9 Å². The Kier molecular flexibility index (Phi) is 6.18. The summed E-state index contributed by atoms with van der Waals surface area (Å²) in [5.74, 6) is -0.789. The molecular weight excluding hydrogens is 424 g/mol. The van der Waals surface area contributed by atoms with Gasteiger partial charge in [0.2, 0.25) is 5.88 Å². The van der Waals surface area contributed by atoms with Gasteiger partial charge in [0.05, 0.1) is 4.47 Å². The summed E-state index contributed by atoms with van der Waals surface area (Å²) in [6.07, 6.45) is 2.79. The molecule has 0 aliphatic rings. The maximum absolute atomic E-state index is 12.2. The second-order valence-electron chi connectivity index (χ2n) is 5.65. The molecule has 0 aliphatic heterocycles. The maximum atomic E-state index is 12.2. The number of rotatable bonds is 6. The molecule has 0 radical (unpaired) electrons. The maximum Gasteiger partial charge on any atom is 0.352 e. The summed E-state index contributed by atoms with van der Waals surface area (Å²) in [5, 5.41) is 11.8. The lowest BCUT2D eigenvalue weighted by atomic mass is 10.2. The molecule has 2 N–H and O–H groups in total. The summed E-state index contributed by atoms with van der Waals surface area (Å²) in [6, 6.07) is 19.0. The minimum Gasteiger partial charge on any atom is -0.477 e. The number of carbonyl (C=O) groups excluding carboxylic acids is 1. The van der Waals surface area contributed by atoms with Crippen LogP contribution in [-0.2, 0) is 4.79 Å². The monoisotopic (exact) mass is 438 g/mol. The summed E-state index contributed by atoms with van der Waals surface area (Å²) < 4.78 is 6.46. The number of halogens is 1. The van der Waals surface area contributed by atoms with E-state index in [0.29, 0.717) is 22.8 Å². The molecule has 28 heavy (non-hydrogen) atoms. The van der Waals surface area contributed by atoms with Crippen LogP contribution < -0.4 is 10.1 Å². The molecule has 0 unspecified atom stereocenters. The molecular formula is C21H15BrN2O4. The van der Waals surface area contributed by atoms with Crippen molar-refractivity contribution in [3.05, 3.63) is 94.2 Å². The normalized spacial score (nSPS) is 11.0. The van der Waals surface area contributed by atoms with Gasteiger partial charge in [-0.05, 0) is 57.9 Å². The first-order chi connectivity index (χ1) is 13.5. The first-order valence-corrected chi connectivity index (χ1v) is 9.02. The zero-order valence-electron chi connectivity index (χ0n) is 14.5. The Labute approximate surface area is 169 Å². The zero-order valence-corrected chi connectivity index (χ0v) is 16.1. The van der Waals surface area contributed by atoms with Crippen LogP contribution in [0.4, 0.5) is 0 Å². The van der Waals surface area contributed by atoms with Crippen LogP contribution in [0.2, 0.25) is 0 Å². The lowest BCUT2D eigenvalue weighted by Crippen LogP contribution is -2.27. The molecule has 1 amide bonds. The molecule has 0 fully saturated rings. The standard InChI is InChI=1S/C21H15BrN2O4/c22-16-8-4-5-9-18(16)28-19-11-10-14(13-23-19)12-17(21(26)27)24-20(25)15-6-2-1-3-7-15/h1-13H,(H,24,25)(H,26,27)/b17-12-. The highest BCUT2D eigenvalue weighted by atomic mass is 79.9. The van der Waals surface area contributed by atoms with Crippen molar-refractivity contribution in [3.63, 3.8) is 0 Å². The number of carbonyl (C=O) groups is 2. The average Bonchev–Trinajstić information content (AvgIpc) is 2.71. The molecule has 0 saturated carbocycles. The van der Waals surface area contributed by atoms with Crippen molar-refractivity contribution in [1.82, 2.24) is 10.3 Å². The number of aromatic nitrogens is 1. The molecule has 1 heterocycles. The van der Waals surface area contributed by atoms with Crippen molar-refractivity contribution in [2.45, 2.75) is 0 Å². The minimum atomic E-state index is -1.25. The number of amides is 1. The molecule has 0 spiro atoms. The van der Waals surface area contributed by atoms with E-state index in [0.717, 1.165) is 4.47 Å². The molecule has 0 aliphatic carbocycles. The van der Waals surface area contributed by atoms with Gasteiger partial charge in [0.25, 0.3) is 5.91 Å². The van der Waals surface area contributed by atoms with Crippen molar-refractivity contribution in [3.8, 4) is 11.6 Å². The number of pyridine rings is 1. The van der Waals surface area contributed by atoms with Gasteiger partial charge >= 0.3 is 5.97 Å². The molecule has 0 bridgehead atoms. The smallest absolute Gasteiger partial charge is 0.352 e. The highest BCUT2D eigenvalue weighted by Gasteiger charge is 2.13. The Morgan fingerprint density at radius 1 is 1.00 bits per heavy atom. The average molecular weight is 439 g/mol. The van der Waals surface area contributed by atoms with Gasteiger partial charge in [0, 0.05) is 17.8 Å². The van der Waals surface area contributed by atoms with Crippen molar-refractivity contribution in [2.75, 3.05) is 0 Å². The van der Waals surface area contributed by atoms with E-state index in [9.17, 15) is 14.7 Å². The van der Waals surface area contributed by atoms with Gasteiger partial charge in [-0.3, -0.25) is 4.79 Å². The van der Waals surface area contributed by atoms with Crippen molar-refractivity contribution < 1.29 is 19.4 Å². The number of hydrogen-bond acceptors (Lipinski definition) is 4. The molecule has 0 atom stereocenters. The summed E-state index contributed by atoms with van der Waals surface area (Å²) >= 11 is 3.39. The van der Waals surface area contributed by atoms with Gasteiger partial charge in [-0.1, -0.05) is 30.3 Å². The Morgan fingerprint density at radius 2 is 1.71 bits per heavy atom. The van der Waals surface area contributed by atoms with Crippen LogP contribution in [0.3, 0.4) is 0 Å². The van der Waals surface area contributed by atoms with Crippen LogP contribution in [0.15, 0.2) is 83.1 Å². The van der Waals surface area contributed by atoms with E-state index in [-0.39, 0.29) is 5.70 Å². The Balaban J connectivity index is 1.75. The highest BCUT2D eigenvalue weighted by Crippen LogP contribution is 2.28. The van der Waals surface area contributed by atoms with Gasteiger partial charge in [0.1, 0.15) is 11.4 Å². The SMILES string of the molecule is O=C(O)/C(=C/c1ccc(Oc2ccccc2Br)nc1)NC(=O)c1ccccc1. The quantitative estimate of drug-likeness (QED) is 0.553. The number of nitrogens with one attached hydrogen (secondary N) is 1. The third-order valence-electron chi connectivity index (χ3n) is 3.64. The van der Waals surface area contributed by atoms with E-state index in [1.165, 1.54) is 12.3 Å². The molecule has 0 saturated heterocycles. The van der Waals surface area contributed by atoms with Crippen LogP contribution in [0.25, 0.3) is 6.08 Å². The van der Waals surface area contributed by atoms with Gasteiger partial charge in [0.15, 0.2) is 0 Å². The minimum absolute atomic E-state index is 0.255. The van der Waals surface area contributed by atoms with Gasteiger partial charge in [-0.15, -0.1) is 0 Å². The van der Waals surface area contributed by atoms with Crippen LogP contribution >= 0.6 is 15.9 Å². The molecule has 140 valence electrons. The number of carboxylic acids is 1. The van der Waals surface area contributed by atoms with Crippen LogP contribution in [0, 0.1) is 0 Å². The highest BCUT2D eigenvalue weighted by molar-refractivity contribution is 9.10. The van der Waals surface area contributed by atoms with Gasteiger partial charge < -0.3 is 15.2 Å². The third kappa shape index (κ3) is 5.05. The fraction of sp³-hybridized carbons (Fsp3) is 0. The number of nitrogens with zero attached hydrogens (tertiary/aromatic N) is 1. The second kappa shape index (κ2) is 8.96. The van der Waals surface area contributed by atoms with Crippen LogP contribution in [0.5, 0.6) is 11.6 Å². The van der Waals surface area contributed by atoms with Crippen molar-refractivity contribution >= 4 is 33.9 Å². The van der Waals surface area contributed by atoms with E-state index < -0.39 is 11.9 Å². The van der Waals surface area contributed by atoms with E-state index in [1.54, 1.807) is 48.5 Å². The lowest BCUT2D eigenvalue weighted by molar-refractivity contribution is -0.132. The Bertz CT molecular complexity index is 1020. The number of ether oxygens (including phenoxy) is 1. The van der Waals surface area contributed by atoms with Crippen LogP contribution in [-0.4, -0.2) is 22.0 Å². The molecule has 7 heteroatoms. The topological polar surface area (TPSA) is 88.5 Å². The van der Waals surface area contributed by atoms with E-state index >= 15 is 0 Å². The Morgan fingerprint density at radius 3 is 2.36 bits per heavy atom. The molecule has 1 aromatic heterocycles. The predicted molar refractivity (Wildman–Crippen MR) is 108 cm³/mol. The summed E-state index contributed by atoms with van der Waals surface area (Å²) in [7, 11) is 0. The van der Waals surface area contributed by atoms with Gasteiger partial charge in [-0.2, -0.15) is 0 Å². The molecule has 2 aromatic carbocycles. The Hall–Kier alpha value is -3.45. The largest absolute Gasteiger partial charge is 0.477 e. The third-order valence-corrected chi connectivity index (χ3v) is 4.29. The van der Waals surface area contributed by atoms with E-state index in [4.69, 9.17) is 4.74 Å². The number of aliphatic carboxylic acids is 1. The molecule has 3 rings (SSSR count). The van der Waals surface area contributed by atoms with Crippen molar-refractivity contribution in [1.29, 1.82) is 0 Å². The number of benzene rings is 2. The lowest BCUT2D eigenvalue weighted by Gasteiger charge is -2.08.